The number of fused-ring (bicyclic) bond motifs is 1. The molecule has 0 atom stereocenters. The first-order chi connectivity index (χ1) is 13.6. The Morgan fingerprint density at radius 3 is 2.59 bits per heavy atom. The van der Waals surface area contributed by atoms with E-state index in [4.69, 9.17) is 27.9 Å². The van der Waals surface area contributed by atoms with Crippen LogP contribution in [0.25, 0.3) is 11.1 Å². The number of benzene rings is 1. The van der Waals surface area contributed by atoms with Crippen LogP contribution in [0.5, 0.6) is 5.75 Å². The normalized spacial score (nSPS) is 13.7. The number of nitrogens with zero attached hydrogens (tertiary/aromatic N) is 2. The molecule has 1 aromatic heterocycles. The molecule has 0 fully saturated rings. The summed E-state index contributed by atoms with van der Waals surface area (Å²) in [6.07, 6.45) is 1.97. The van der Waals surface area contributed by atoms with Crippen LogP contribution >= 0.6 is 23.2 Å². The number of aromatic nitrogens is 1. The summed E-state index contributed by atoms with van der Waals surface area (Å²) < 4.78 is 5.51. The van der Waals surface area contributed by atoms with Gasteiger partial charge in [-0.05, 0) is 50.1 Å². The van der Waals surface area contributed by atoms with Gasteiger partial charge in [-0.2, -0.15) is 0 Å². The average molecular weight is 438 g/mol. The monoisotopic (exact) mass is 437 g/mol. The minimum Gasteiger partial charge on any atom is -0.480 e. The molecule has 2 aromatic rings. The van der Waals surface area contributed by atoms with E-state index in [9.17, 15) is 14.7 Å². The molecule has 0 saturated heterocycles. The van der Waals surface area contributed by atoms with Gasteiger partial charge in [0.25, 0.3) is 5.91 Å². The van der Waals surface area contributed by atoms with Gasteiger partial charge in [-0.25, -0.2) is 4.98 Å². The third-order valence-corrected chi connectivity index (χ3v) is 4.73. The van der Waals surface area contributed by atoms with Crippen LogP contribution in [0.3, 0.4) is 0 Å². The van der Waals surface area contributed by atoms with Crippen molar-refractivity contribution in [3.05, 3.63) is 40.5 Å². The molecule has 154 valence electrons. The van der Waals surface area contributed by atoms with Gasteiger partial charge in [0, 0.05) is 28.4 Å². The molecule has 0 spiro atoms. The van der Waals surface area contributed by atoms with Crippen molar-refractivity contribution in [2.75, 3.05) is 24.6 Å². The third kappa shape index (κ3) is 5.59. The average Bonchev–Trinajstić information content (AvgIpc) is 2.62. The second-order valence-electron chi connectivity index (χ2n) is 7.38. The number of carbonyl (C=O) groups excluding carboxylic acids is 2. The smallest absolute Gasteiger partial charge is 0.266 e. The molecule has 29 heavy (non-hydrogen) atoms. The molecule has 0 unspecified atom stereocenters. The van der Waals surface area contributed by atoms with E-state index in [1.165, 1.54) is 4.90 Å². The molecule has 0 radical (unpaired) electrons. The van der Waals surface area contributed by atoms with Crippen LogP contribution in [0.15, 0.2) is 30.5 Å². The molecule has 2 heterocycles. The minimum absolute atomic E-state index is 0.184. The van der Waals surface area contributed by atoms with Crippen LogP contribution in [0.2, 0.25) is 10.0 Å². The van der Waals surface area contributed by atoms with E-state index in [0.717, 1.165) is 11.1 Å². The fraction of sp³-hybridized carbons (Fsp3) is 0.350. The van der Waals surface area contributed by atoms with Crippen LogP contribution in [0, 0.1) is 0 Å². The fourth-order valence-electron chi connectivity index (χ4n) is 2.83. The highest BCUT2D eigenvalue weighted by Crippen LogP contribution is 2.35. The van der Waals surface area contributed by atoms with Gasteiger partial charge in [-0.15, -0.1) is 0 Å². The SMILES string of the molecule is CC(C)(O)CCNC(=O)CN1C(=O)COc2cc(-c3cc(Cl)cc(Cl)c3)cnc21. The molecule has 2 N–H and O–H groups in total. The third-order valence-electron chi connectivity index (χ3n) is 4.30. The number of rotatable bonds is 6. The van der Waals surface area contributed by atoms with E-state index < -0.39 is 5.60 Å². The number of nitrogens with one attached hydrogen (secondary N) is 1. The molecule has 9 heteroatoms. The summed E-state index contributed by atoms with van der Waals surface area (Å²) in [4.78, 5) is 30.1. The first kappa shape index (κ1) is 21.4. The standard InChI is InChI=1S/C20H21Cl2N3O4/c1-20(2,28)3-4-23-17(26)10-25-18(27)11-29-16-7-13(9-24-19(16)25)12-5-14(21)8-15(22)6-12/h5-9,28H,3-4,10-11H2,1-2H3,(H,23,26). The van der Waals surface area contributed by atoms with Crippen molar-refractivity contribution < 1.29 is 19.4 Å². The van der Waals surface area contributed by atoms with E-state index in [-0.39, 0.29) is 30.8 Å². The summed E-state index contributed by atoms with van der Waals surface area (Å²) in [5.74, 6) is -0.0395. The highest BCUT2D eigenvalue weighted by molar-refractivity contribution is 6.35. The maximum Gasteiger partial charge on any atom is 0.266 e. The van der Waals surface area contributed by atoms with Crippen molar-refractivity contribution in [3.8, 4) is 16.9 Å². The van der Waals surface area contributed by atoms with E-state index in [1.54, 1.807) is 44.3 Å². The van der Waals surface area contributed by atoms with Gasteiger partial charge >= 0.3 is 0 Å². The number of hydrogen-bond acceptors (Lipinski definition) is 5. The van der Waals surface area contributed by atoms with Crippen molar-refractivity contribution in [2.45, 2.75) is 25.9 Å². The number of amides is 2. The number of anilines is 1. The number of hydrogen-bond donors (Lipinski definition) is 2. The molecular formula is C20H21Cl2N3O4. The summed E-state index contributed by atoms with van der Waals surface area (Å²) in [6.45, 7) is 3.25. The fourth-order valence-corrected chi connectivity index (χ4v) is 3.36. The van der Waals surface area contributed by atoms with Crippen molar-refractivity contribution in [3.63, 3.8) is 0 Å². The van der Waals surface area contributed by atoms with Crippen LogP contribution in [0.4, 0.5) is 5.82 Å². The molecule has 2 amide bonds. The first-order valence-electron chi connectivity index (χ1n) is 9.01. The minimum atomic E-state index is -0.879. The second-order valence-corrected chi connectivity index (χ2v) is 8.26. The van der Waals surface area contributed by atoms with E-state index in [1.807, 2.05) is 0 Å². The summed E-state index contributed by atoms with van der Waals surface area (Å²) in [5, 5.41) is 13.4. The lowest BCUT2D eigenvalue weighted by Gasteiger charge is -2.28. The van der Waals surface area contributed by atoms with E-state index >= 15 is 0 Å². The highest BCUT2D eigenvalue weighted by Gasteiger charge is 2.29. The summed E-state index contributed by atoms with van der Waals surface area (Å²) >= 11 is 12.1. The Kier molecular flexibility index (Phi) is 6.31. The lowest BCUT2D eigenvalue weighted by molar-refractivity contribution is -0.125. The van der Waals surface area contributed by atoms with Crippen molar-refractivity contribution in [2.24, 2.45) is 0 Å². The summed E-state index contributed by atoms with van der Waals surface area (Å²) in [7, 11) is 0. The zero-order chi connectivity index (χ0) is 21.2. The molecule has 7 nitrogen and oxygen atoms in total. The van der Waals surface area contributed by atoms with Gasteiger partial charge in [0.05, 0.1) is 5.60 Å². The molecular weight excluding hydrogens is 417 g/mol. The molecule has 1 aromatic carbocycles. The number of ether oxygens (including phenoxy) is 1. The lowest BCUT2D eigenvalue weighted by atomic mass is 10.1. The highest BCUT2D eigenvalue weighted by atomic mass is 35.5. The molecule has 0 aliphatic carbocycles. The van der Waals surface area contributed by atoms with Gasteiger partial charge in [-0.3, -0.25) is 14.5 Å². The largest absolute Gasteiger partial charge is 0.480 e. The number of halogens is 2. The van der Waals surface area contributed by atoms with Gasteiger partial charge in [0.2, 0.25) is 5.91 Å². The molecule has 0 bridgehead atoms. The Morgan fingerprint density at radius 1 is 1.24 bits per heavy atom. The van der Waals surface area contributed by atoms with Gasteiger partial charge in [-0.1, -0.05) is 23.2 Å². The topological polar surface area (TPSA) is 91.8 Å². The maximum atomic E-state index is 12.3. The van der Waals surface area contributed by atoms with Crippen LogP contribution in [-0.4, -0.2) is 47.2 Å². The molecule has 0 saturated carbocycles. The quantitative estimate of drug-likeness (QED) is 0.724. The van der Waals surface area contributed by atoms with Crippen LogP contribution in [0.1, 0.15) is 20.3 Å². The van der Waals surface area contributed by atoms with Crippen molar-refractivity contribution in [1.82, 2.24) is 10.3 Å². The van der Waals surface area contributed by atoms with Gasteiger partial charge in [0.15, 0.2) is 18.2 Å². The Labute approximate surface area is 178 Å². The summed E-state index contributed by atoms with van der Waals surface area (Å²) in [5.41, 5.74) is 0.599. The van der Waals surface area contributed by atoms with Gasteiger partial charge in [0.1, 0.15) is 6.54 Å². The predicted octanol–water partition coefficient (Wildman–Crippen LogP) is 3.06. The maximum absolute atomic E-state index is 12.3. The molecule has 1 aliphatic heterocycles. The Morgan fingerprint density at radius 2 is 1.93 bits per heavy atom. The predicted molar refractivity (Wildman–Crippen MR) is 111 cm³/mol. The van der Waals surface area contributed by atoms with Crippen molar-refractivity contribution >= 4 is 40.8 Å². The van der Waals surface area contributed by atoms with Crippen molar-refractivity contribution in [1.29, 1.82) is 0 Å². The van der Waals surface area contributed by atoms with E-state index in [2.05, 4.69) is 10.3 Å². The second kappa shape index (κ2) is 8.57. The zero-order valence-corrected chi connectivity index (χ0v) is 17.5. The molecule has 3 rings (SSSR count). The Bertz CT molecular complexity index is 924. The summed E-state index contributed by atoms with van der Waals surface area (Å²) in [6, 6.07) is 6.86. The van der Waals surface area contributed by atoms with Crippen LogP contribution in [-0.2, 0) is 9.59 Å². The number of aliphatic hydroxyl groups is 1. The Hall–Kier alpha value is -2.35. The van der Waals surface area contributed by atoms with Gasteiger partial charge < -0.3 is 15.2 Å². The van der Waals surface area contributed by atoms with Crippen LogP contribution < -0.4 is 15.0 Å². The zero-order valence-electron chi connectivity index (χ0n) is 16.0. The molecule has 1 aliphatic rings. The van der Waals surface area contributed by atoms with E-state index in [0.29, 0.717) is 28.8 Å². The number of pyridine rings is 1. The Balaban J connectivity index is 1.77. The first-order valence-corrected chi connectivity index (χ1v) is 9.77. The lowest BCUT2D eigenvalue weighted by Crippen LogP contribution is -2.46. The number of carbonyl (C=O) groups is 2.